The summed E-state index contributed by atoms with van der Waals surface area (Å²) < 4.78 is 0.144. The fourth-order valence-electron chi connectivity index (χ4n) is 2.09. The van der Waals surface area contributed by atoms with Gasteiger partial charge in [0, 0.05) is 6.42 Å². The topological polar surface area (TPSA) is 57.5 Å². The molecule has 0 radical (unpaired) electrons. The molecule has 18 heavy (non-hydrogen) atoms. The Hall–Kier alpha value is -0.610. The molecule has 0 aliphatic rings. The van der Waals surface area contributed by atoms with E-state index in [1.807, 2.05) is 0 Å². The number of likely N-dealkylation sites (N-methyl/N-ethyl adjacent to an activating group) is 1. The van der Waals surface area contributed by atoms with E-state index in [1.54, 1.807) is 14.1 Å². The van der Waals surface area contributed by atoms with E-state index in [0.717, 1.165) is 12.8 Å². The minimum Gasteiger partial charge on any atom is -0.477 e. The molecule has 0 aliphatic carbocycles. The summed E-state index contributed by atoms with van der Waals surface area (Å²) in [6.45, 7) is 2.18. The third kappa shape index (κ3) is 8.48. The Morgan fingerprint density at radius 3 is 2.06 bits per heavy atom. The molecule has 0 amide bonds. The highest BCUT2D eigenvalue weighted by Gasteiger charge is 2.28. The zero-order valence-electron chi connectivity index (χ0n) is 12.2. The molecule has 4 nitrogen and oxygen atoms in total. The molecule has 0 saturated carbocycles. The van der Waals surface area contributed by atoms with Crippen LogP contribution in [0.15, 0.2) is 0 Å². The van der Waals surface area contributed by atoms with Gasteiger partial charge in [-0.15, -0.1) is 0 Å². The smallest absolute Gasteiger partial charge is 0.359 e. The Morgan fingerprint density at radius 2 is 1.56 bits per heavy atom. The van der Waals surface area contributed by atoms with Crippen molar-refractivity contribution in [3.63, 3.8) is 0 Å². The summed E-state index contributed by atoms with van der Waals surface area (Å²) in [5.74, 6) is -0.862. The van der Waals surface area contributed by atoms with E-state index in [4.69, 9.17) is 5.11 Å². The number of rotatable bonds is 11. The van der Waals surface area contributed by atoms with Crippen molar-refractivity contribution >= 4 is 5.97 Å². The molecule has 0 bridgehead atoms. The lowest BCUT2D eigenvalue weighted by atomic mass is 10.1. The van der Waals surface area contributed by atoms with Gasteiger partial charge in [-0.3, -0.25) is 4.48 Å². The van der Waals surface area contributed by atoms with Gasteiger partial charge < -0.3 is 10.2 Å². The first kappa shape index (κ1) is 17.4. The number of hydrogen-bond donors (Lipinski definition) is 2. The van der Waals surface area contributed by atoms with Crippen molar-refractivity contribution < 1.29 is 19.5 Å². The van der Waals surface area contributed by atoms with Gasteiger partial charge in [-0.2, -0.15) is 0 Å². The van der Waals surface area contributed by atoms with Crippen molar-refractivity contribution in [3.05, 3.63) is 0 Å². The van der Waals surface area contributed by atoms with Crippen molar-refractivity contribution in [3.8, 4) is 0 Å². The first-order valence-corrected chi connectivity index (χ1v) is 7.12. The van der Waals surface area contributed by atoms with Crippen LogP contribution in [0.5, 0.6) is 0 Å². The largest absolute Gasteiger partial charge is 0.477 e. The first-order chi connectivity index (χ1) is 8.40. The number of unbranched alkanes of at least 4 members (excludes halogenated alkanes) is 6. The Morgan fingerprint density at radius 1 is 1.06 bits per heavy atom. The maximum Gasteiger partial charge on any atom is 0.359 e. The number of nitrogens with zero attached hydrogens (tertiary/aromatic N) is 1. The first-order valence-electron chi connectivity index (χ1n) is 7.12. The van der Waals surface area contributed by atoms with Gasteiger partial charge in [0.1, 0.15) is 0 Å². The summed E-state index contributed by atoms with van der Waals surface area (Å²) in [5.41, 5.74) is 0. The number of carboxylic acid groups (broad SMARTS) is 1. The average Bonchev–Trinajstić information content (AvgIpc) is 2.25. The van der Waals surface area contributed by atoms with Gasteiger partial charge in [0.05, 0.1) is 14.1 Å². The number of quaternary nitrogens is 1. The number of hydrogen-bond acceptors (Lipinski definition) is 2. The highest BCUT2D eigenvalue weighted by molar-refractivity contribution is 5.67. The lowest BCUT2D eigenvalue weighted by molar-refractivity contribution is -0.930. The number of carbonyl (C=O) groups is 1. The Kier molecular flexibility index (Phi) is 9.02. The molecule has 1 atom stereocenters. The molecule has 2 N–H and O–H groups in total. The normalized spacial score (nSPS) is 13.6. The van der Waals surface area contributed by atoms with Crippen LogP contribution in [0.25, 0.3) is 0 Å². The van der Waals surface area contributed by atoms with E-state index >= 15 is 0 Å². The molecule has 0 aromatic carbocycles. The molecular weight excluding hydrogens is 230 g/mol. The van der Waals surface area contributed by atoms with Crippen molar-refractivity contribution in [2.24, 2.45) is 0 Å². The number of aliphatic hydroxyl groups is 1. The van der Waals surface area contributed by atoms with Crippen molar-refractivity contribution in [1.82, 2.24) is 0 Å². The van der Waals surface area contributed by atoms with Crippen LogP contribution in [0, 0.1) is 0 Å². The molecule has 1 unspecified atom stereocenters. The molecule has 0 saturated heterocycles. The lowest BCUT2D eigenvalue weighted by Crippen LogP contribution is -2.51. The molecule has 4 heteroatoms. The third-order valence-corrected chi connectivity index (χ3v) is 3.42. The summed E-state index contributed by atoms with van der Waals surface area (Å²) in [4.78, 5) is 10.7. The van der Waals surface area contributed by atoms with E-state index in [-0.39, 0.29) is 11.0 Å². The monoisotopic (exact) mass is 260 g/mol. The van der Waals surface area contributed by atoms with Gasteiger partial charge in [-0.1, -0.05) is 45.4 Å². The van der Waals surface area contributed by atoms with Crippen LogP contribution in [0.3, 0.4) is 0 Å². The van der Waals surface area contributed by atoms with Gasteiger partial charge in [-0.25, -0.2) is 4.79 Å². The molecule has 0 aromatic rings. The summed E-state index contributed by atoms with van der Waals surface area (Å²) >= 11 is 0. The maximum atomic E-state index is 10.7. The minimum atomic E-state index is -0.862. The zero-order chi connectivity index (χ0) is 14.0. The standard InChI is InChI=1S/C14H29NO3/c1-4-5-6-7-8-9-10-11-13(16)15(2,3)12-14(17)18/h13,16H,4-12H2,1-3H3/p+1. The summed E-state index contributed by atoms with van der Waals surface area (Å²) in [7, 11) is 3.53. The van der Waals surface area contributed by atoms with E-state index in [1.165, 1.54) is 32.1 Å². The molecule has 0 fully saturated rings. The van der Waals surface area contributed by atoms with Gasteiger partial charge in [0.15, 0.2) is 12.8 Å². The van der Waals surface area contributed by atoms with E-state index in [2.05, 4.69) is 6.92 Å². The fraction of sp³-hybridized carbons (Fsp3) is 0.929. The van der Waals surface area contributed by atoms with Gasteiger partial charge >= 0.3 is 5.97 Å². The second-order valence-corrected chi connectivity index (χ2v) is 5.72. The second kappa shape index (κ2) is 9.34. The van der Waals surface area contributed by atoms with Crippen LogP contribution in [-0.4, -0.2) is 47.5 Å². The molecule has 0 aromatic heterocycles. The predicted octanol–water partition coefficient (Wildman–Crippen LogP) is 2.61. The summed E-state index contributed by atoms with van der Waals surface area (Å²) in [6, 6.07) is 0. The molecule has 108 valence electrons. The summed E-state index contributed by atoms with van der Waals surface area (Å²) in [6.07, 6.45) is 8.61. The summed E-state index contributed by atoms with van der Waals surface area (Å²) in [5, 5.41) is 18.7. The van der Waals surface area contributed by atoms with Crippen molar-refractivity contribution in [2.75, 3.05) is 20.6 Å². The molecule has 0 heterocycles. The van der Waals surface area contributed by atoms with Gasteiger partial charge in [0.2, 0.25) is 0 Å². The van der Waals surface area contributed by atoms with E-state index < -0.39 is 12.2 Å². The van der Waals surface area contributed by atoms with E-state index in [9.17, 15) is 9.90 Å². The molecule has 0 aliphatic heterocycles. The Labute approximate surface area is 111 Å². The van der Waals surface area contributed by atoms with Crippen molar-refractivity contribution in [1.29, 1.82) is 0 Å². The maximum absolute atomic E-state index is 10.7. The highest BCUT2D eigenvalue weighted by atomic mass is 16.4. The Balaban J connectivity index is 3.63. The second-order valence-electron chi connectivity index (χ2n) is 5.72. The molecule has 0 spiro atoms. The van der Waals surface area contributed by atoms with Gasteiger partial charge in [0.25, 0.3) is 0 Å². The van der Waals surface area contributed by atoms with E-state index in [0.29, 0.717) is 6.42 Å². The van der Waals surface area contributed by atoms with Crippen LogP contribution in [0.4, 0.5) is 0 Å². The lowest BCUT2D eigenvalue weighted by Gasteiger charge is -2.33. The number of aliphatic carboxylic acids is 1. The average molecular weight is 260 g/mol. The van der Waals surface area contributed by atoms with Crippen LogP contribution in [0.1, 0.15) is 58.3 Å². The predicted molar refractivity (Wildman–Crippen MR) is 73.2 cm³/mol. The SMILES string of the molecule is CCCCCCCCCC(O)[N+](C)(C)CC(=O)O. The third-order valence-electron chi connectivity index (χ3n) is 3.42. The fourth-order valence-corrected chi connectivity index (χ4v) is 2.09. The molecular formula is C14H30NO3+. The van der Waals surface area contributed by atoms with Crippen molar-refractivity contribution in [2.45, 2.75) is 64.5 Å². The Bertz CT molecular complexity index is 229. The quantitative estimate of drug-likeness (QED) is 0.341. The minimum absolute atomic E-state index is 0.0301. The molecule has 0 rings (SSSR count). The van der Waals surface area contributed by atoms with Crippen LogP contribution in [0.2, 0.25) is 0 Å². The number of carboxylic acids is 1. The zero-order valence-corrected chi connectivity index (χ0v) is 12.2. The highest BCUT2D eigenvalue weighted by Crippen LogP contribution is 2.14. The van der Waals surface area contributed by atoms with Gasteiger partial charge in [-0.05, 0) is 6.42 Å². The van der Waals surface area contributed by atoms with Crippen LogP contribution < -0.4 is 0 Å². The van der Waals surface area contributed by atoms with Crippen LogP contribution in [-0.2, 0) is 4.79 Å². The van der Waals surface area contributed by atoms with Crippen LogP contribution >= 0.6 is 0 Å². The number of aliphatic hydroxyl groups excluding tert-OH is 1.